The molecule has 2 rings (SSSR count). The van der Waals surface area contributed by atoms with E-state index in [1.807, 2.05) is 18.4 Å². The average Bonchev–Trinajstić information content (AvgIpc) is 2.47. The summed E-state index contributed by atoms with van der Waals surface area (Å²) in [5.74, 6) is -0.233. The summed E-state index contributed by atoms with van der Waals surface area (Å²) in [6, 6.07) is 13.0. The van der Waals surface area contributed by atoms with Crippen molar-refractivity contribution in [2.45, 2.75) is 4.90 Å². The van der Waals surface area contributed by atoms with Crippen molar-refractivity contribution in [2.24, 2.45) is 0 Å². The lowest BCUT2D eigenvalue weighted by Crippen LogP contribution is -2.12. The van der Waals surface area contributed by atoms with Gasteiger partial charge < -0.3 is 5.32 Å². The standard InChI is InChI=1S/C14H12N2O3S/c1-20-13-5-3-2-4-12(13)14(17)15-10-6-8-11(9-7-10)16(18)19/h2-9H,1H3,(H,15,17). The molecular weight excluding hydrogens is 276 g/mol. The number of rotatable bonds is 4. The smallest absolute Gasteiger partial charge is 0.269 e. The lowest BCUT2D eigenvalue weighted by Gasteiger charge is -2.08. The molecule has 0 fully saturated rings. The normalized spacial score (nSPS) is 10.1. The summed E-state index contributed by atoms with van der Waals surface area (Å²) < 4.78 is 0. The summed E-state index contributed by atoms with van der Waals surface area (Å²) in [5, 5.41) is 13.3. The van der Waals surface area contributed by atoms with Crippen LogP contribution in [0.15, 0.2) is 53.4 Å². The summed E-state index contributed by atoms with van der Waals surface area (Å²) in [4.78, 5) is 23.1. The zero-order valence-electron chi connectivity index (χ0n) is 10.7. The second-order valence-corrected chi connectivity index (χ2v) is 4.81. The lowest BCUT2D eigenvalue weighted by molar-refractivity contribution is -0.384. The van der Waals surface area contributed by atoms with Crippen LogP contribution >= 0.6 is 11.8 Å². The highest BCUT2D eigenvalue weighted by molar-refractivity contribution is 7.98. The number of nitrogens with zero attached hydrogens (tertiary/aromatic N) is 1. The van der Waals surface area contributed by atoms with Crippen LogP contribution in [0.1, 0.15) is 10.4 Å². The van der Waals surface area contributed by atoms with E-state index in [9.17, 15) is 14.9 Å². The third kappa shape index (κ3) is 3.16. The Morgan fingerprint density at radius 2 is 1.80 bits per heavy atom. The molecule has 0 aromatic heterocycles. The first-order chi connectivity index (χ1) is 9.61. The van der Waals surface area contributed by atoms with E-state index in [-0.39, 0.29) is 11.6 Å². The fourth-order valence-corrected chi connectivity index (χ4v) is 2.29. The first-order valence-electron chi connectivity index (χ1n) is 5.80. The molecule has 0 aliphatic heterocycles. The maximum absolute atomic E-state index is 12.2. The fraction of sp³-hybridized carbons (Fsp3) is 0.0714. The van der Waals surface area contributed by atoms with Crippen molar-refractivity contribution < 1.29 is 9.72 Å². The lowest BCUT2D eigenvalue weighted by atomic mass is 10.2. The Hall–Kier alpha value is -2.34. The van der Waals surface area contributed by atoms with Gasteiger partial charge in [0.1, 0.15) is 0 Å². The Morgan fingerprint density at radius 1 is 1.15 bits per heavy atom. The number of nitro benzene ring substituents is 1. The second-order valence-electron chi connectivity index (χ2n) is 3.96. The van der Waals surface area contributed by atoms with E-state index < -0.39 is 4.92 Å². The van der Waals surface area contributed by atoms with Crippen LogP contribution in [0.25, 0.3) is 0 Å². The molecule has 102 valence electrons. The van der Waals surface area contributed by atoms with Gasteiger partial charge in [-0.3, -0.25) is 14.9 Å². The van der Waals surface area contributed by atoms with E-state index in [0.29, 0.717) is 11.3 Å². The van der Waals surface area contributed by atoms with Gasteiger partial charge in [0.25, 0.3) is 11.6 Å². The minimum absolute atomic E-state index is 0.00693. The minimum Gasteiger partial charge on any atom is -0.322 e. The predicted molar refractivity (Wildman–Crippen MR) is 79.3 cm³/mol. The van der Waals surface area contributed by atoms with Crippen LogP contribution in [-0.2, 0) is 0 Å². The van der Waals surface area contributed by atoms with Crippen LogP contribution in [0.4, 0.5) is 11.4 Å². The van der Waals surface area contributed by atoms with Crippen LogP contribution in [-0.4, -0.2) is 17.1 Å². The third-order valence-corrected chi connectivity index (χ3v) is 3.48. The molecule has 2 aromatic rings. The van der Waals surface area contributed by atoms with E-state index in [0.717, 1.165) is 4.90 Å². The summed E-state index contributed by atoms with van der Waals surface area (Å²) in [5.41, 5.74) is 1.10. The van der Waals surface area contributed by atoms with Crippen molar-refractivity contribution >= 4 is 29.0 Å². The molecule has 0 bridgehead atoms. The highest BCUT2D eigenvalue weighted by Crippen LogP contribution is 2.22. The monoisotopic (exact) mass is 288 g/mol. The fourth-order valence-electron chi connectivity index (χ4n) is 1.70. The van der Waals surface area contributed by atoms with Crippen molar-refractivity contribution in [2.75, 3.05) is 11.6 Å². The highest BCUT2D eigenvalue weighted by atomic mass is 32.2. The average molecular weight is 288 g/mol. The Labute approximate surface area is 120 Å². The number of carbonyl (C=O) groups is 1. The van der Waals surface area contributed by atoms with E-state index >= 15 is 0 Å². The van der Waals surface area contributed by atoms with E-state index in [1.54, 1.807) is 12.1 Å². The van der Waals surface area contributed by atoms with Gasteiger partial charge in [-0.2, -0.15) is 0 Å². The molecular formula is C14H12N2O3S. The Bertz CT molecular complexity index is 641. The summed E-state index contributed by atoms with van der Waals surface area (Å²) in [6.45, 7) is 0. The SMILES string of the molecule is CSc1ccccc1C(=O)Nc1ccc([N+](=O)[O-])cc1. The first-order valence-corrected chi connectivity index (χ1v) is 7.03. The molecule has 0 radical (unpaired) electrons. The summed E-state index contributed by atoms with van der Waals surface area (Å²) in [7, 11) is 0. The van der Waals surface area contributed by atoms with Crippen LogP contribution in [0.3, 0.4) is 0 Å². The van der Waals surface area contributed by atoms with Gasteiger partial charge in [0.15, 0.2) is 0 Å². The van der Waals surface area contributed by atoms with Gasteiger partial charge in [0.2, 0.25) is 0 Å². The molecule has 1 amide bonds. The minimum atomic E-state index is -0.478. The Balaban J connectivity index is 2.17. The quantitative estimate of drug-likeness (QED) is 0.530. The summed E-state index contributed by atoms with van der Waals surface area (Å²) in [6.07, 6.45) is 1.90. The molecule has 5 nitrogen and oxygen atoms in total. The molecule has 0 saturated heterocycles. The number of nitro groups is 1. The highest BCUT2D eigenvalue weighted by Gasteiger charge is 2.11. The van der Waals surface area contributed by atoms with Crippen LogP contribution in [0, 0.1) is 10.1 Å². The molecule has 0 atom stereocenters. The van der Waals surface area contributed by atoms with Gasteiger partial charge in [0.05, 0.1) is 10.5 Å². The molecule has 0 saturated carbocycles. The molecule has 6 heteroatoms. The Kier molecular flexibility index (Phi) is 4.37. The van der Waals surface area contributed by atoms with Gasteiger partial charge in [-0.05, 0) is 30.5 Å². The maximum atomic E-state index is 12.2. The van der Waals surface area contributed by atoms with Gasteiger partial charge in [0, 0.05) is 22.7 Å². The van der Waals surface area contributed by atoms with Crippen LogP contribution in [0.5, 0.6) is 0 Å². The van der Waals surface area contributed by atoms with Crippen LogP contribution in [0.2, 0.25) is 0 Å². The van der Waals surface area contributed by atoms with Crippen molar-refractivity contribution in [3.8, 4) is 0 Å². The number of hydrogen-bond donors (Lipinski definition) is 1. The van der Waals surface area contributed by atoms with Crippen molar-refractivity contribution in [1.29, 1.82) is 0 Å². The second kappa shape index (κ2) is 6.21. The number of benzene rings is 2. The molecule has 0 aliphatic carbocycles. The first kappa shape index (κ1) is 14.1. The number of non-ortho nitro benzene ring substituents is 1. The number of carbonyl (C=O) groups excluding carboxylic acids is 1. The van der Waals surface area contributed by atoms with Gasteiger partial charge >= 0.3 is 0 Å². The van der Waals surface area contributed by atoms with Crippen molar-refractivity contribution in [3.63, 3.8) is 0 Å². The predicted octanol–water partition coefficient (Wildman–Crippen LogP) is 3.57. The Morgan fingerprint density at radius 3 is 2.40 bits per heavy atom. The largest absolute Gasteiger partial charge is 0.322 e. The van der Waals surface area contributed by atoms with E-state index in [4.69, 9.17) is 0 Å². The molecule has 2 aromatic carbocycles. The maximum Gasteiger partial charge on any atom is 0.269 e. The van der Waals surface area contributed by atoms with Crippen molar-refractivity contribution in [3.05, 3.63) is 64.2 Å². The summed E-state index contributed by atoms with van der Waals surface area (Å²) >= 11 is 1.49. The molecule has 0 unspecified atom stereocenters. The topological polar surface area (TPSA) is 72.2 Å². The van der Waals surface area contributed by atoms with Gasteiger partial charge in [-0.15, -0.1) is 11.8 Å². The van der Waals surface area contributed by atoms with Crippen LogP contribution < -0.4 is 5.32 Å². The zero-order chi connectivity index (χ0) is 14.5. The number of hydrogen-bond acceptors (Lipinski definition) is 4. The molecule has 0 aliphatic rings. The number of nitrogens with one attached hydrogen (secondary N) is 1. The molecule has 0 spiro atoms. The van der Waals surface area contributed by atoms with Gasteiger partial charge in [-0.1, -0.05) is 12.1 Å². The number of thioether (sulfide) groups is 1. The third-order valence-electron chi connectivity index (χ3n) is 2.69. The van der Waals surface area contributed by atoms with E-state index in [2.05, 4.69) is 5.32 Å². The molecule has 1 N–H and O–H groups in total. The number of amides is 1. The van der Waals surface area contributed by atoms with E-state index in [1.165, 1.54) is 36.0 Å². The van der Waals surface area contributed by atoms with Gasteiger partial charge in [-0.25, -0.2) is 0 Å². The molecule has 0 heterocycles. The van der Waals surface area contributed by atoms with Crippen molar-refractivity contribution in [1.82, 2.24) is 0 Å². The zero-order valence-corrected chi connectivity index (χ0v) is 11.5. The molecule has 20 heavy (non-hydrogen) atoms. The number of anilines is 1.